The largest absolute Gasteiger partial charge is 0.481 e. The van der Waals surface area contributed by atoms with Gasteiger partial charge in [-0.1, -0.05) is 0 Å². The summed E-state index contributed by atoms with van der Waals surface area (Å²) >= 11 is 0. The van der Waals surface area contributed by atoms with Gasteiger partial charge in [0.2, 0.25) is 17.7 Å². The molecule has 202 valence electrons. The first-order valence-electron chi connectivity index (χ1n) is 11.6. The summed E-state index contributed by atoms with van der Waals surface area (Å²) in [6, 6.07) is -5.04. The van der Waals surface area contributed by atoms with Gasteiger partial charge in [-0.15, -0.1) is 0 Å². The second-order valence-electron chi connectivity index (χ2n) is 8.30. The summed E-state index contributed by atoms with van der Waals surface area (Å²) in [4.78, 5) is 60.1. The van der Waals surface area contributed by atoms with E-state index in [0.717, 1.165) is 0 Å². The lowest BCUT2D eigenvalue weighted by Gasteiger charge is -2.26. The summed E-state index contributed by atoms with van der Waals surface area (Å²) < 4.78 is 0. The number of nitrogens with two attached hydrogens (primary N) is 3. The fourth-order valence-electron chi connectivity index (χ4n) is 3.12. The number of aliphatic hydroxyl groups is 1. The molecule has 12 N–H and O–H groups in total. The molecule has 35 heavy (non-hydrogen) atoms. The third kappa shape index (κ3) is 13.6. The molecule has 14 heteroatoms. The fourth-order valence-corrected chi connectivity index (χ4v) is 3.12. The molecule has 0 aliphatic rings. The highest BCUT2D eigenvalue weighted by molar-refractivity contribution is 5.94. The van der Waals surface area contributed by atoms with E-state index in [1.54, 1.807) is 0 Å². The molecular weight excluding hydrogens is 464 g/mol. The number of carboxylic acids is 2. The third-order valence-electron chi connectivity index (χ3n) is 5.21. The Bertz CT molecular complexity index is 705. The summed E-state index contributed by atoms with van der Waals surface area (Å²) in [5.41, 5.74) is 16.6. The van der Waals surface area contributed by atoms with Crippen molar-refractivity contribution in [2.45, 2.75) is 88.6 Å². The van der Waals surface area contributed by atoms with Crippen molar-refractivity contribution in [1.82, 2.24) is 16.0 Å². The smallest absolute Gasteiger partial charge is 0.326 e. The second-order valence-corrected chi connectivity index (χ2v) is 8.30. The minimum Gasteiger partial charge on any atom is -0.481 e. The maximum absolute atomic E-state index is 12.9. The zero-order valence-electron chi connectivity index (χ0n) is 20.1. The van der Waals surface area contributed by atoms with E-state index in [0.29, 0.717) is 38.8 Å². The number of hydrogen-bond acceptors (Lipinski definition) is 9. The molecule has 3 amide bonds. The van der Waals surface area contributed by atoms with Crippen molar-refractivity contribution in [3.05, 3.63) is 0 Å². The van der Waals surface area contributed by atoms with Gasteiger partial charge in [-0.25, -0.2) is 4.79 Å². The van der Waals surface area contributed by atoms with Crippen molar-refractivity contribution >= 4 is 29.7 Å². The van der Waals surface area contributed by atoms with Gasteiger partial charge in [0, 0.05) is 6.42 Å². The van der Waals surface area contributed by atoms with Crippen molar-refractivity contribution in [2.75, 3.05) is 13.1 Å². The van der Waals surface area contributed by atoms with Gasteiger partial charge >= 0.3 is 11.9 Å². The zero-order chi connectivity index (χ0) is 27.0. The van der Waals surface area contributed by atoms with Crippen LogP contribution >= 0.6 is 0 Å². The molecule has 0 rings (SSSR count). The zero-order valence-corrected chi connectivity index (χ0v) is 20.1. The van der Waals surface area contributed by atoms with Crippen molar-refractivity contribution < 1.29 is 39.3 Å². The Morgan fingerprint density at radius 1 is 0.743 bits per heavy atom. The monoisotopic (exact) mass is 504 g/mol. The molecular formula is C21H40N6O8. The normalized spacial score (nSPS) is 15.2. The lowest BCUT2D eigenvalue weighted by molar-refractivity contribution is -0.143. The summed E-state index contributed by atoms with van der Waals surface area (Å²) in [7, 11) is 0. The summed E-state index contributed by atoms with van der Waals surface area (Å²) in [5.74, 6) is -4.84. The molecule has 0 bridgehead atoms. The standard InChI is InChI=1S/C21H40N6O8/c1-12(28)17(20(33)26-15(21(34)35)7-3-5-11-23)27-19(32)14(6-2-4-10-22)25-18(31)13(24)8-9-16(29)30/h12-15,17,28H,2-11,22-24H2,1H3,(H,25,31)(H,26,33)(H,27,32)(H,29,30)(H,34,35). The van der Waals surface area contributed by atoms with E-state index in [2.05, 4.69) is 16.0 Å². The van der Waals surface area contributed by atoms with Crippen LogP contribution in [0, 0.1) is 0 Å². The minimum absolute atomic E-state index is 0.116. The van der Waals surface area contributed by atoms with Crippen molar-refractivity contribution in [2.24, 2.45) is 17.2 Å². The van der Waals surface area contributed by atoms with Gasteiger partial charge < -0.3 is 48.5 Å². The van der Waals surface area contributed by atoms with Crippen LogP contribution < -0.4 is 33.2 Å². The van der Waals surface area contributed by atoms with E-state index in [1.807, 2.05) is 0 Å². The minimum atomic E-state index is -1.49. The number of carbonyl (C=O) groups excluding carboxylic acids is 3. The first kappa shape index (κ1) is 32.2. The van der Waals surface area contributed by atoms with Gasteiger partial charge in [0.05, 0.1) is 12.1 Å². The highest BCUT2D eigenvalue weighted by atomic mass is 16.4. The molecule has 0 radical (unpaired) electrons. The molecule has 0 spiro atoms. The van der Waals surface area contributed by atoms with Gasteiger partial charge in [-0.3, -0.25) is 19.2 Å². The van der Waals surface area contributed by atoms with E-state index in [4.69, 9.17) is 22.3 Å². The number of hydrogen-bond donors (Lipinski definition) is 9. The average Bonchev–Trinajstić information content (AvgIpc) is 2.78. The van der Waals surface area contributed by atoms with E-state index >= 15 is 0 Å². The molecule has 0 fully saturated rings. The molecule has 0 aromatic rings. The Morgan fingerprint density at radius 2 is 1.26 bits per heavy atom. The van der Waals surface area contributed by atoms with Gasteiger partial charge in [0.25, 0.3) is 0 Å². The maximum Gasteiger partial charge on any atom is 0.326 e. The predicted molar refractivity (Wildman–Crippen MR) is 126 cm³/mol. The molecule has 0 aliphatic heterocycles. The Morgan fingerprint density at radius 3 is 1.71 bits per heavy atom. The van der Waals surface area contributed by atoms with Crippen LogP contribution in [0.5, 0.6) is 0 Å². The molecule has 14 nitrogen and oxygen atoms in total. The Labute approximate surface area is 204 Å². The van der Waals surface area contributed by atoms with E-state index < -0.39 is 59.9 Å². The van der Waals surface area contributed by atoms with E-state index in [9.17, 15) is 34.2 Å². The topological polar surface area (TPSA) is 260 Å². The number of aliphatic hydroxyl groups excluding tert-OH is 1. The first-order chi connectivity index (χ1) is 16.4. The van der Waals surface area contributed by atoms with Crippen LogP contribution in [0.4, 0.5) is 0 Å². The highest BCUT2D eigenvalue weighted by Crippen LogP contribution is 2.06. The quantitative estimate of drug-likeness (QED) is 0.0820. The van der Waals surface area contributed by atoms with Gasteiger partial charge in [0.15, 0.2) is 0 Å². The van der Waals surface area contributed by atoms with Crippen LogP contribution in [0.25, 0.3) is 0 Å². The third-order valence-corrected chi connectivity index (χ3v) is 5.21. The summed E-state index contributed by atoms with van der Waals surface area (Å²) in [6.45, 7) is 1.96. The molecule has 5 unspecified atom stereocenters. The van der Waals surface area contributed by atoms with E-state index in [1.165, 1.54) is 6.92 Å². The van der Waals surface area contributed by atoms with Crippen molar-refractivity contribution in [3.8, 4) is 0 Å². The molecule has 0 saturated carbocycles. The van der Waals surface area contributed by atoms with Crippen LogP contribution in [0.1, 0.15) is 58.3 Å². The maximum atomic E-state index is 12.9. The van der Waals surface area contributed by atoms with Gasteiger partial charge in [-0.05, 0) is 65.0 Å². The molecule has 0 aromatic heterocycles. The number of nitrogens with one attached hydrogen (secondary N) is 3. The van der Waals surface area contributed by atoms with Crippen LogP contribution in [0.15, 0.2) is 0 Å². The summed E-state index contributed by atoms with van der Waals surface area (Å²) in [6.07, 6.45) is 0.426. The number of carbonyl (C=O) groups is 5. The average molecular weight is 505 g/mol. The molecule has 0 heterocycles. The molecule has 5 atom stereocenters. The highest BCUT2D eigenvalue weighted by Gasteiger charge is 2.32. The summed E-state index contributed by atoms with van der Waals surface area (Å²) in [5, 5.41) is 35.3. The lowest BCUT2D eigenvalue weighted by Crippen LogP contribution is -2.59. The number of unbranched alkanes of at least 4 members (excludes halogenated alkanes) is 2. The Kier molecular flexibility index (Phi) is 16.2. The number of carboxylic acid groups (broad SMARTS) is 2. The SMILES string of the molecule is CC(O)C(NC(=O)C(CCCCN)NC(=O)C(N)CCC(=O)O)C(=O)NC(CCCCN)C(=O)O. The van der Waals surface area contributed by atoms with Gasteiger partial charge in [0.1, 0.15) is 18.1 Å². The number of rotatable bonds is 19. The van der Waals surface area contributed by atoms with Crippen LogP contribution in [-0.2, 0) is 24.0 Å². The fraction of sp³-hybridized carbons (Fsp3) is 0.762. The van der Waals surface area contributed by atoms with Gasteiger partial charge in [-0.2, -0.15) is 0 Å². The number of amides is 3. The molecule has 0 aromatic carbocycles. The Balaban J connectivity index is 5.36. The van der Waals surface area contributed by atoms with Crippen molar-refractivity contribution in [3.63, 3.8) is 0 Å². The molecule has 0 aliphatic carbocycles. The van der Waals surface area contributed by atoms with E-state index in [-0.39, 0.29) is 25.7 Å². The van der Waals surface area contributed by atoms with Crippen LogP contribution in [0.2, 0.25) is 0 Å². The van der Waals surface area contributed by atoms with Crippen LogP contribution in [-0.4, -0.2) is 88.3 Å². The van der Waals surface area contributed by atoms with Crippen LogP contribution in [0.3, 0.4) is 0 Å². The first-order valence-corrected chi connectivity index (χ1v) is 11.6. The van der Waals surface area contributed by atoms with Crippen molar-refractivity contribution in [1.29, 1.82) is 0 Å². The second kappa shape index (κ2) is 17.6. The lowest BCUT2D eigenvalue weighted by atomic mass is 10.0. The number of aliphatic carboxylic acids is 2. The predicted octanol–water partition coefficient (Wildman–Crippen LogP) is -2.64. The molecule has 0 saturated heterocycles. The Hall–Kier alpha value is -2.81.